The maximum absolute atomic E-state index is 11.5. The van der Waals surface area contributed by atoms with Crippen LogP contribution in [-0.4, -0.2) is 22.9 Å². The lowest BCUT2D eigenvalue weighted by Crippen LogP contribution is -2.29. The van der Waals surface area contributed by atoms with Gasteiger partial charge in [0.2, 0.25) is 0 Å². The second-order valence-electron chi connectivity index (χ2n) is 4.07. The van der Waals surface area contributed by atoms with Gasteiger partial charge >= 0.3 is 5.97 Å². The van der Waals surface area contributed by atoms with Gasteiger partial charge < -0.3 is 5.11 Å². The zero-order chi connectivity index (χ0) is 14.0. The van der Waals surface area contributed by atoms with Crippen molar-refractivity contribution < 1.29 is 19.5 Å². The predicted molar refractivity (Wildman–Crippen MR) is 69.4 cm³/mol. The molecule has 0 spiro atoms. The fraction of sp³-hybridized carbons (Fsp3) is 0.0714. The summed E-state index contributed by atoms with van der Waals surface area (Å²) in [6.45, 7) is 1.49. The Morgan fingerprint density at radius 1 is 1.11 bits per heavy atom. The Labute approximate surface area is 109 Å². The first kappa shape index (κ1) is 12.8. The molecule has 19 heavy (non-hydrogen) atoms. The van der Waals surface area contributed by atoms with E-state index in [9.17, 15) is 14.4 Å². The van der Waals surface area contributed by atoms with E-state index in [1.165, 1.54) is 25.2 Å². The average Bonchev–Trinajstić information content (AvgIpc) is 2.70. The standard InChI is InChI=1S/C14H11NO4/c1-9(14(18)19)8-10-2-4-11(5-3-10)15-12(16)6-7-13(15)17/h2-8H,1H3,(H,18,19). The van der Waals surface area contributed by atoms with Crippen LogP contribution in [-0.2, 0) is 14.4 Å². The van der Waals surface area contributed by atoms with Crippen LogP contribution >= 0.6 is 0 Å². The largest absolute Gasteiger partial charge is 0.478 e. The Hall–Kier alpha value is -2.69. The zero-order valence-electron chi connectivity index (χ0n) is 10.2. The van der Waals surface area contributed by atoms with Crippen molar-refractivity contribution in [3.8, 4) is 0 Å². The van der Waals surface area contributed by atoms with E-state index in [1.54, 1.807) is 24.3 Å². The SMILES string of the molecule is CC(=Cc1ccc(N2C(=O)C=CC2=O)cc1)C(=O)O. The highest BCUT2D eigenvalue weighted by molar-refractivity contribution is 6.28. The smallest absolute Gasteiger partial charge is 0.331 e. The fourth-order valence-corrected chi connectivity index (χ4v) is 1.69. The van der Waals surface area contributed by atoms with Gasteiger partial charge in [0.25, 0.3) is 11.8 Å². The molecule has 5 nitrogen and oxygen atoms in total. The summed E-state index contributed by atoms with van der Waals surface area (Å²) in [7, 11) is 0. The summed E-state index contributed by atoms with van der Waals surface area (Å²) in [5, 5.41) is 8.77. The summed E-state index contributed by atoms with van der Waals surface area (Å²) >= 11 is 0. The van der Waals surface area contributed by atoms with Crippen molar-refractivity contribution in [1.29, 1.82) is 0 Å². The highest BCUT2D eigenvalue weighted by Crippen LogP contribution is 2.20. The van der Waals surface area contributed by atoms with Crippen LogP contribution in [0.5, 0.6) is 0 Å². The van der Waals surface area contributed by atoms with Crippen LogP contribution in [0.3, 0.4) is 0 Å². The van der Waals surface area contributed by atoms with E-state index in [0.29, 0.717) is 11.3 Å². The van der Waals surface area contributed by atoms with E-state index in [-0.39, 0.29) is 17.4 Å². The summed E-state index contributed by atoms with van der Waals surface area (Å²) in [4.78, 5) is 34.7. The number of carboxylic acids is 1. The first-order valence-corrected chi connectivity index (χ1v) is 5.57. The summed E-state index contributed by atoms with van der Waals surface area (Å²) < 4.78 is 0. The number of carbonyl (C=O) groups is 3. The van der Waals surface area contributed by atoms with Gasteiger partial charge in [-0.05, 0) is 30.7 Å². The molecule has 96 valence electrons. The van der Waals surface area contributed by atoms with Crippen LogP contribution in [0.25, 0.3) is 6.08 Å². The number of hydrogen-bond donors (Lipinski definition) is 1. The van der Waals surface area contributed by atoms with Gasteiger partial charge in [0.1, 0.15) is 0 Å². The van der Waals surface area contributed by atoms with Crippen molar-refractivity contribution in [2.24, 2.45) is 0 Å². The Morgan fingerprint density at radius 3 is 2.11 bits per heavy atom. The summed E-state index contributed by atoms with van der Waals surface area (Å²) in [5.74, 6) is -1.75. The molecule has 1 heterocycles. The lowest BCUT2D eigenvalue weighted by molar-refractivity contribution is -0.132. The normalized spacial score (nSPS) is 15.2. The number of benzene rings is 1. The molecule has 0 aliphatic carbocycles. The minimum atomic E-state index is -0.988. The Balaban J connectivity index is 2.25. The number of amides is 2. The number of carboxylic acid groups (broad SMARTS) is 1. The Bertz CT molecular complexity index is 593. The molecule has 1 aliphatic heterocycles. The minimum Gasteiger partial charge on any atom is -0.478 e. The van der Waals surface area contributed by atoms with E-state index >= 15 is 0 Å². The molecule has 0 atom stereocenters. The molecule has 2 amide bonds. The topological polar surface area (TPSA) is 74.7 Å². The van der Waals surface area contributed by atoms with Crippen LogP contribution in [0.2, 0.25) is 0 Å². The molecular formula is C14H11NO4. The molecule has 2 rings (SSSR count). The van der Waals surface area contributed by atoms with E-state index in [0.717, 1.165) is 4.90 Å². The van der Waals surface area contributed by atoms with E-state index in [1.807, 2.05) is 0 Å². The van der Waals surface area contributed by atoms with Gasteiger partial charge in [-0.15, -0.1) is 0 Å². The molecule has 0 bridgehead atoms. The monoisotopic (exact) mass is 257 g/mol. The molecule has 1 aliphatic rings. The third kappa shape index (κ3) is 2.60. The molecule has 0 radical (unpaired) electrons. The number of aliphatic carboxylic acids is 1. The lowest BCUT2D eigenvalue weighted by Gasteiger charge is -2.13. The van der Waals surface area contributed by atoms with Crippen LogP contribution < -0.4 is 4.90 Å². The van der Waals surface area contributed by atoms with Crippen molar-refractivity contribution in [3.63, 3.8) is 0 Å². The van der Waals surface area contributed by atoms with Crippen molar-refractivity contribution in [3.05, 3.63) is 47.6 Å². The van der Waals surface area contributed by atoms with Gasteiger partial charge in [-0.2, -0.15) is 0 Å². The Morgan fingerprint density at radius 2 is 1.63 bits per heavy atom. The molecule has 0 saturated carbocycles. The lowest BCUT2D eigenvalue weighted by atomic mass is 10.1. The van der Waals surface area contributed by atoms with Gasteiger partial charge in [0.05, 0.1) is 5.69 Å². The molecule has 1 aromatic carbocycles. The van der Waals surface area contributed by atoms with Crippen LogP contribution in [0.4, 0.5) is 5.69 Å². The third-order valence-corrected chi connectivity index (χ3v) is 2.68. The highest BCUT2D eigenvalue weighted by atomic mass is 16.4. The second kappa shape index (κ2) is 4.89. The molecule has 0 unspecified atom stereocenters. The number of anilines is 1. The van der Waals surface area contributed by atoms with Gasteiger partial charge in [0.15, 0.2) is 0 Å². The van der Waals surface area contributed by atoms with E-state index < -0.39 is 5.97 Å². The zero-order valence-corrected chi connectivity index (χ0v) is 10.2. The fourth-order valence-electron chi connectivity index (χ4n) is 1.69. The molecular weight excluding hydrogens is 246 g/mol. The molecule has 5 heteroatoms. The number of hydrogen-bond acceptors (Lipinski definition) is 3. The second-order valence-corrected chi connectivity index (χ2v) is 4.07. The number of carbonyl (C=O) groups excluding carboxylic acids is 2. The maximum atomic E-state index is 11.5. The summed E-state index contributed by atoms with van der Waals surface area (Å²) in [6, 6.07) is 6.51. The molecule has 0 fully saturated rings. The van der Waals surface area contributed by atoms with Crippen molar-refractivity contribution in [2.45, 2.75) is 6.92 Å². The van der Waals surface area contributed by atoms with E-state index in [2.05, 4.69) is 0 Å². The number of imide groups is 1. The Kier molecular flexibility index (Phi) is 3.29. The maximum Gasteiger partial charge on any atom is 0.331 e. The molecule has 0 saturated heterocycles. The van der Waals surface area contributed by atoms with Gasteiger partial charge in [-0.3, -0.25) is 9.59 Å². The third-order valence-electron chi connectivity index (χ3n) is 2.68. The molecule has 1 aromatic rings. The summed E-state index contributed by atoms with van der Waals surface area (Å²) in [5.41, 5.74) is 1.36. The first-order valence-electron chi connectivity index (χ1n) is 5.57. The number of nitrogens with zero attached hydrogens (tertiary/aromatic N) is 1. The quantitative estimate of drug-likeness (QED) is 0.659. The van der Waals surface area contributed by atoms with Crippen molar-refractivity contribution >= 4 is 29.5 Å². The molecule has 0 aromatic heterocycles. The van der Waals surface area contributed by atoms with E-state index in [4.69, 9.17) is 5.11 Å². The van der Waals surface area contributed by atoms with Crippen molar-refractivity contribution in [1.82, 2.24) is 0 Å². The predicted octanol–water partition coefficient (Wildman–Crippen LogP) is 1.60. The van der Waals surface area contributed by atoms with Crippen molar-refractivity contribution in [2.75, 3.05) is 4.90 Å². The highest BCUT2D eigenvalue weighted by Gasteiger charge is 2.24. The minimum absolute atomic E-state index is 0.211. The summed E-state index contributed by atoms with van der Waals surface area (Å²) in [6.07, 6.45) is 3.94. The number of rotatable bonds is 3. The van der Waals surface area contributed by atoms with Crippen LogP contribution in [0.15, 0.2) is 42.0 Å². The molecule has 1 N–H and O–H groups in total. The van der Waals surface area contributed by atoms with Gasteiger partial charge in [-0.25, -0.2) is 9.69 Å². The van der Waals surface area contributed by atoms with Crippen LogP contribution in [0, 0.1) is 0 Å². The van der Waals surface area contributed by atoms with Gasteiger partial charge in [-0.1, -0.05) is 12.1 Å². The first-order chi connectivity index (χ1) is 8.99. The van der Waals surface area contributed by atoms with Gasteiger partial charge in [0, 0.05) is 17.7 Å². The van der Waals surface area contributed by atoms with Crippen LogP contribution in [0.1, 0.15) is 12.5 Å². The average molecular weight is 257 g/mol.